The lowest BCUT2D eigenvalue weighted by molar-refractivity contribution is 0.0792. The van der Waals surface area contributed by atoms with Gasteiger partial charge in [0.05, 0.1) is 0 Å². The zero-order chi connectivity index (χ0) is 17.8. The van der Waals surface area contributed by atoms with Gasteiger partial charge in [0.2, 0.25) is 0 Å². The molecule has 1 aliphatic rings. The summed E-state index contributed by atoms with van der Waals surface area (Å²) in [6.07, 6.45) is 2.22. The zero-order valence-electron chi connectivity index (χ0n) is 15.0. The van der Waals surface area contributed by atoms with Crippen molar-refractivity contribution in [1.29, 1.82) is 0 Å². The third-order valence-electron chi connectivity index (χ3n) is 4.21. The van der Waals surface area contributed by atoms with Crippen LogP contribution in [0.4, 0.5) is 5.82 Å². The molecule has 1 aromatic heterocycles. The second kappa shape index (κ2) is 7.87. The van der Waals surface area contributed by atoms with Crippen molar-refractivity contribution in [2.45, 2.75) is 30.7 Å². The Labute approximate surface area is 153 Å². The van der Waals surface area contributed by atoms with Crippen molar-refractivity contribution < 1.29 is 4.79 Å². The van der Waals surface area contributed by atoms with E-state index in [0.29, 0.717) is 0 Å². The Morgan fingerprint density at radius 2 is 1.96 bits per heavy atom. The molecule has 0 N–H and O–H groups in total. The van der Waals surface area contributed by atoms with E-state index >= 15 is 0 Å². The van der Waals surface area contributed by atoms with Crippen LogP contribution in [0.25, 0.3) is 0 Å². The normalized spacial score (nSPS) is 14.0. The number of benzene rings is 1. The molecular formula is C19H24N4OS. The average Bonchev–Trinajstić information content (AvgIpc) is 3.13. The number of thioether (sulfide) groups is 1. The van der Waals surface area contributed by atoms with Crippen LogP contribution in [0, 0.1) is 6.92 Å². The van der Waals surface area contributed by atoms with Crippen molar-refractivity contribution in [3.05, 3.63) is 47.2 Å². The molecule has 0 aliphatic carbocycles. The van der Waals surface area contributed by atoms with Gasteiger partial charge in [-0.3, -0.25) is 4.79 Å². The van der Waals surface area contributed by atoms with Crippen molar-refractivity contribution >= 4 is 23.5 Å². The molecule has 0 spiro atoms. The Bertz CT molecular complexity index is 757. The first-order valence-electron chi connectivity index (χ1n) is 8.57. The van der Waals surface area contributed by atoms with E-state index in [1.165, 1.54) is 0 Å². The summed E-state index contributed by atoms with van der Waals surface area (Å²) < 4.78 is 0. The van der Waals surface area contributed by atoms with E-state index in [0.717, 1.165) is 59.5 Å². The van der Waals surface area contributed by atoms with E-state index in [2.05, 4.69) is 16.0 Å². The molecule has 0 radical (unpaired) electrons. The van der Waals surface area contributed by atoms with Crippen molar-refractivity contribution in [3.63, 3.8) is 0 Å². The van der Waals surface area contributed by atoms with Gasteiger partial charge in [-0.25, -0.2) is 9.97 Å². The molecule has 0 bridgehead atoms. The standard InChI is InChI=1S/C19H24N4OS/c1-14-11-17(22(2)3)21-19(20-14)25-13-15-7-6-8-16(12-15)18(24)23-9-4-5-10-23/h6-8,11-12H,4-5,9-10,13H2,1-3H3. The van der Waals surface area contributed by atoms with Crippen LogP contribution >= 0.6 is 11.8 Å². The summed E-state index contributed by atoms with van der Waals surface area (Å²) in [5.74, 6) is 1.80. The van der Waals surface area contributed by atoms with Crippen LogP contribution in [-0.4, -0.2) is 48.0 Å². The van der Waals surface area contributed by atoms with Gasteiger partial charge in [-0.2, -0.15) is 0 Å². The molecule has 1 aliphatic heterocycles. The Balaban J connectivity index is 1.69. The monoisotopic (exact) mass is 356 g/mol. The highest BCUT2D eigenvalue weighted by Crippen LogP contribution is 2.23. The highest BCUT2D eigenvalue weighted by molar-refractivity contribution is 7.98. The van der Waals surface area contributed by atoms with Gasteiger partial charge in [0.15, 0.2) is 5.16 Å². The molecule has 3 rings (SSSR count). The summed E-state index contributed by atoms with van der Waals surface area (Å²) in [5.41, 5.74) is 2.85. The lowest BCUT2D eigenvalue weighted by Crippen LogP contribution is -2.27. The SMILES string of the molecule is Cc1cc(N(C)C)nc(SCc2cccc(C(=O)N3CCCC3)c2)n1. The van der Waals surface area contributed by atoms with Crippen LogP contribution in [0.2, 0.25) is 0 Å². The largest absolute Gasteiger partial charge is 0.363 e. The van der Waals surface area contributed by atoms with Gasteiger partial charge in [0, 0.05) is 50.3 Å². The number of hydrogen-bond donors (Lipinski definition) is 0. The molecule has 6 heteroatoms. The zero-order valence-corrected chi connectivity index (χ0v) is 15.8. The van der Waals surface area contributed by atoms with Gasteiger partial charge in [0.1, 0.15) is 5.82 Å². The number of aromatic nitrogens is 2. The molecule has 25 heavy (non-hydrogen) atoms. The van der Waals surface area contributed by atoms with Gasteiger partial charge in [-0.05, 0) is 37.5 Å². The fourth-order valence-corrected chi connectivity index (χ4v) is 3.71. The lowest BCUT2D eigenvalue weighted by Gasteiger charge is -2.15. The number of amides is 1. The predicted octanol–water partition coefficient (Wildman–Crippen LogP) is 3.38. The van der Waals surface area contributed by atoms with Gasteiger partial charge in [0.25, 0.3) is 5.91 Å². The lowest BCUT2D eigenvalue weighted by atomic mass is 10.1. The summed E-state index contributed by atoms with van der Waals surface area (Å²) in [6.45, 7) is 3.73. The van der Waals surface area contributed by atoms with Crippen molar-refractivity contribution in [3.8, 4) is 0 Å². The Morgan fingerprint density at radius 1 is 1.20 bits per heavy atom. The van der Waals surface area contributed by atoms with Gasteiger partial charge in [-0.1, -0.05) is 23.9 Å². The van der Waals surface area contributed by atoms with Gasteiger partial charge >= 0.3 is 0 Å². The third kappa shape index (κ3) is 4.51. The Hall–Kier alpha value is -2.08. The van der Waals surface area contributed by atoms with E-state index in [9.17, 15) is 4.79 Å². The van der Waals surface area contributed by atoms with Crippen LogP contribution in [0.15, 0.2) is 35.5 Å². The second-order valence-corrected chi connectivity index (χ2v) is 7.48. The van der Waals surface area contributed by atoms with E-state index in [-0.39, 0.29) is 5.91 Å². The first kappa shape index (κ1) is 17.7. The summed E-state index contributed by atoms with van der Waals surface area (Å²) >= 11 is 1.60. The summed E-state index contributed by atoms with van der Waals surface area (Å²) in [5, 5.41) is 0.764. The maximum atomic E-state index is 12.5. The second-order valence-electron chi connectivity index (χ2n) is 6.53. The topological polar surface area (TPSA) is 49.3 Å². The van der Waals surface area contributed by atoms with Crippen LogP contribution in [0.5, 0.6) is 0 Å². The molecule has 1 saturated heterocycles. The molecule has 132 valence electrons. The highest BCUT2D eigenvalue weighted by atomic mass is 32.2. The van der Waals surface area contributed by atoms with Gasteiger partial charge < -0.3 is 9.80 Å². The summed E-state index contributed by atoms with van der Waals surface area (Å²) in [6, 6.07) is 9.88. The molecule has 0 saturated carbocycles. The maximum absolute atomic E-state index is 12.5. The average molecular weight is 356 g/mol. The first-order chi connectivity index (χ1) is 12.0. The number of hydrogen-bond acceptors (Lipinski definition) is 5. The number of aryl methyl sites for hydroxylation is 1. The van der Waals surface area contributed by atoms with Crippen molar-refractivity contribution in [2.24, 2.45) is 0 Å². The van der Waals surface area contributed by atoms with Crippen LogP contribution < -0.4 is 4.90 Å². The third-order valence-corrected chi connectivity index (χ3v) is 5.13. The Kier molecular flexibility index (Phi) is 5.58. The van der Waals surface area contributed by atoms with E-state index in [1.54, 1.807) is 11.8 Å². The molecule has 2 aromatic rings. The number of likely N-dealkylation sites (tertiary alicyclic amines) is 1. The quantitative estimate of drug-likeness (QED) is 0.607. The minimum atomic E-state index is 0.144. The van der Waals surface area contributed by atoms with E-state index in [1.807, 2.05) is 55.1 Å². The minimum Gasteiger partial charge on any atom is -0.363 e. The number of carbonyl (C=O) groups is 1. The minimum absolute atomic E-state index is 0.144. The molecule has 1 fully saturated rings. The first-order valence-corrected chi connectivity index (χ1v) is 9.55. The summed E-state index contributed by atoms with van der Waals surface area (Å²) in [4.78, 5) is 25.5. The molecular weight excluding hydrogens is 332 g/mol. The molecule has 1 amide bonds. The van der Waals surface area contributed by atoms with Gasteiger partial charge in [-0.15, -0.1) is 0 Å². The van der Waals surface area contributed by atoms with Crippen molar-refractivity contribution in [2.75, 3.05) is 32.1 Å². The maximum Gasteiger partial charge on any atom is 0.253 e. The van der Waals surface area contributed by atoms with E-state index in [4.69, 9.17) is 0 Å². The molecule has 2 heterocycles. The number of carbonyl (C=O) groups excluding carboxylic acids is 1. The fraction of sp³-hybridized carbons (Fsp3) is 0.421. The number of rotatable bonds is 5. The fourth-order valence-electron chi connectivity index (χ4n) is 2.86. The van der Waals surface area contributed by atoms with E-state index < -0.39 is 0 Å². The van der Waals surface area contributed by atoms with Crippen LogP contribution in [0.1, 0.15) is 34.5 Å². The highest BCUT2D eigenvalue weighted by Gasteiger charge is 2.19. The predicted molar refractivity (Wildman–Crippen MR) is 102 cm³/mol. The molecule has 0 unspecified atom stereocenters. The molecule has 1 aromatic carbocycles. The smallest absolute Gasteiger partial charge is 0.253 e. The number of anilines is 1. The molecule has 5 nitrogen and oxygen atoms in total. The number of nitrogens with zero attached hydrogens (tertiary/aromatic N) is 4. The van der Waals surface area contributed by atoms with Crippen molar-refractivity contribution in [1.82, 2.24) is 14.9 Å². The van der Waals surface area contributed by atoms with Crippen LogP contribution in [-0.2, 0) is 5.75 Å². The molecule has 0 atom stereocenters. The Morgan fingerprint density at radius 3 is 2.68 bits per heavy atom. The van der Waals surface area contributed by atoms with Crippen LogP contribution in [0.3, 0.4) is 0 Å². The summed E-state index contributed by atoms with van der Waals surface area (Å²) in [7, 11) is 3.95.